The standard InChI is InChI=1S/C25H19BrClN3O7/c1-2-36-19-11-13(10-18(26)22(19)31)21-20-23(37-29(21)16-4-3-5-17(12-16)30(34)35)25(33)28(24(20)32)15-8-6-14(27)7-9-15/h3-12,20-21,23,31H,2H2,1H3. The molecule has 2 amide bonds. The maximum atomic E-state index is 13.7. The fraction of sp³-hybridized carbons (Fsp3) is 0.200. The monoisotopic (exact) mass is 587 g/mol. The number of benzene rings is 3. The molecule has 2 heterocycles. The Morgan fingerprint density at radius 1 is 1.11 bits per heavy atom. The highest BCUT2D eigenvalue weighted by Crippen LogP contribution is 2.50. The van der Waals surface area contributed by atoms with Gasteiger partial charge in [0.25, 0.3) is 11.6 Å². The summed E-state index contributed by atoms with van der Waals surface area (Å²) in [6.07, 6.45) is -1.18. The van der Waals surface area contributed by atoms with Crippen molar-refractivity contribution in [2.24, 2.45) is 5.92 Å². The minimum atomic E-state index is -1.18. The maximum Gasteiger partial charge on any atom is 0.271 e. The van der Waals surface area contributed by atoms with Gasteiger partial charge in [-0.1, -0.05) is 17.7 Å². The van der Waals surface area contributed by atoms with E-state index in [-0.39, 0.29) is 29.5 Å². The summed E-state index contributed by atoms with van der Waals surface area (Å²) in [7, 11) is 0. The van der Waals surface area contributed by atoms with Crippen LogP contribution in [0.4, 0.5) is 17.1 Å². The number of carbonyl (C=O) groups excluding carboxylic acids is 2. The number of hydroxylamine groups is 1. The van der Waals surface area contributed by atoms with Gasteiger partial charge in [0, 0.05) is 17.2 Å². The van der Waals surface area contributed by atoms with E-state index >= 15 is 0 Å². The largest absolute Gasteiger partial charge is 0.503 e. The Kier molecular flexibility index (Phi) is 6.52. The van der Waals surface area contributed by atoms with Gasteiger partial charge in [-0.2, -0.15) is 0 Å². The number of amides is 2. The van der Waals surface area contributed by atoms with Gasteiger partial charge in [-0.3, -0.25) is 24.5 Å². The van der Waals surface area contributed by atoms with Crippen molar-refractivity contribution in [2.75, 3.05) is 16.6 Å². The number of rotatable bonds is 6. The molecule has 2 aliphatic rings. The highest BCUT2D eigenvalue weighted by molar-refractivity contribution is 9.10. The van der Waals surface area contributed by atoms with Crippen LogP contribution < -0.4 is 14.7 Å². The molecule has 3 atom stereocenters. The number of imide groups is 1. The molecule has 0 saturated carbocycles. The summed E-state index contributed by atoms with van der Waals surface area (Å²) in [6.45, 7) is 2.03. The molecule has 0 radical (unpaired) electrons. The lowest BCUT2D eigenvalue weighted by molar-refractivity contribution is -0.384. The minimum absolute atomic E-state index is 0.125. The van der Waals surface area contributed by atoms with Crippen molar-refractivity contribution in [2.45, 2.75) is 19.1 Å². The predicted octanol–water partition coefficient (Wildman–Crippen LogP) is 5.17. The van der Waals surface area contributed by atoms with Crippen LogP contribution in [0.3, 0.4) is 0 Å². The molecule has 5 rings (SSSR count). The molecule has 1 N–H and O–H groups in total. The first-order chi connectivity index (χ1) is 17.7. The van der Waals surface area contributed by atoms with E-state index in [1.54, 1.807) is 49.4 Å². The molecule has 37 heavy (non-hydrogen) atoms. The number of anilines is 2. The molecule has 0 aliphatic carbocycles. The number of aromatic hydroxyl groups is 1. The Labute approximate surface area is 224 Å². The van der Waals surface area contributed by atoms with Gasteiger partial charge in [0.15, 0.2) is 17.6 Å². The zero-order chi connectivity index (χ0) is 26.4. The summed E-state index contributed by atoms with van der Waals surface area (Å²) >= 11 is 9.30. The third-order valence-corrected chi connectivity index (χ3v) is 7.04. The van der Waals surface area contributed by atoms with Gasteiger partial charge in [0.1, 0.15) is 5.92 Å². The van der Waals surface area contributed by atoms with E-state index in [1.807, 2.05) is 0 Å². The van der Waals surface area contributed by atoms with Crippen LogP contribution in [0.5, 0.6) is 11.5 Å². The van der Waals surface area contributed by atoms with Crippen molar-refractivity contribution >= 4 is 56.4 Å². The van der Waals surface area contributed by atoms with E-state index in [0.29, 0.717) is 20.7 Å². The second-order valence-corrected chi connectivity index (χ2v) is 9.66. The van der Waals surface area contributed by atoms with Crippen LogP contribution in [0.15, 0.2) is 65.1 Å². The van der Waals surface area contributed by atoms with Crippen LogP contribution in [-0.2, 0) is 14.4 Å². The molecule has 190 valence electrons. The number of fused-ring (bicyclic) bond motifs is 1. The van der Waals surface area contributed by atoms with Crippen LogP contribution in [0.2, 0.25) is 5.02 Å². The molecular formula is C25H19BrClN3O7. The van der Waals surface area contributed by atoms with Crippen molar-refractivity contribution < 1.29 is 29.2 Å². The Bertz CT molecular complexity index is 1420. The van der Waals surface area contributed by atoms with Crippen LogP contribution >= 0.6 is 27.5 Å². The van der Waals surface area contributed by atoms with Crippen LogP contribution in [0.1, 0.15) is 18.5 Å². The Hall–Kier alpha value is -3.67. The Balaban J connectivity index is 1.64. The summed E-state index contributed by atoms with van der Waals surface area (Å²) in [5, 5.41) is 23.6. The Morgan fingerprint density at radius 3 is 2.51 bits per heavy atom. The lowest BCUT2D eigenvalue weighted by Gasteiger charge is -2.29. The first-order valence-electron chi connectivity index (χ1n) is 11.2. The fourth-order valence-corrected chi connectivity index (χ4v) is 5.18. The molecule has 10 nitrogen and oxygen atoms in total. The van der Waals surface area contributed by atoms with Gasteiger partial charge in [0.2, 0.25) is 5.91 Å². The number of ether oxygens (including phenoxy) is 1. The molecular weight excluding hydrogens is 570 g/mol. The number of phenolic OH excluding ortho intramolecular Hbond substituents is 1. The second-order valence-electron chi connectivity index (χ2n) is 8.37. The quantitative estimate of drug-likeness (QED) is 0.238. The molecule has 3 unspecified atom stereocenters. The lowest BCUT2D eigenvalue weighted by Crippen LogP contribution is -2.37. The first kappa shape index (κ1) is 25.0. The zero-order valence-corrected chi connectivity index (χ0v) is 21.5. The van der Waals surface area contributed by atoms with Gasteiger partial charge >= 0.3 is 0 Å². The maximum absolute atomic E-state index is 13.7. The van der Waals surface area contributed by atoms with E-state index in [2.05, 4.69) is 15.9 Å². The molecule has 0 spiro atoms. The second kappa shape index (κ2) is 9.66. The van der Waals surface area contributed by atoms with E-state index in [9.17, 15) is 24.8 Å². The van der Waals surface area contributed by atoms with Gasteiger partial charge in [-0.15, -0.1) is 0 Å². The van der Waals surface area contributed by atoms with Crippen molar-refractivity contribution in [3.05, 3.63) is 85.8 Å². The van der Waals surface area contributed by atoms with Crippen molar-refractivity contribution in [1.82, 2.24) is 0 Å². The van der Waals surface area contributed by atoms with Gasteiger partial charge in [-0.25, -0.2) is 9.96 Å². The number of halogens is 2. The summed E-state index contributed by atoms with van der Waals surface area (Å²) in [4.78, 5) is 45.2. The highest BCUT2D eigenvalue weighted by atomic mass is 79.9. The average molecular weight is 589 g/mol. The zero-order valence-electron chi connectivity index (χ0n) is 19.2. The van der Waals surface area contributed by atoms with Gasteiger partial charge < -0.3 is 9.84 Å². The number of phenols is 1. The summed E-state index contributed by atoms with van der Waals surface area (Å²) in [5.41, 5.74) is 0.944. The van der Waals surface area contributed by atoms with Crippen LogP contribution in [0.25, 0.3) is 0 Å². The number of hydrogen-bond donors (Lipinski definition) is 1. The Morgan fingerprint density at radius 2 is 1.84 bits per heavy atom. The topological polar surface area (TPSA) is 122 Å². The summed E-state index contributed by atoms with van der Waals surface area (Å²) in [6, 6.07) is 14.3. The molecule has 12 heteroatoms. The van der Waals surface area contributed by atoms with Crippen LogP contribution in [-0.4, -0.2) is 34.6 Å². The average Bonchev–Trinajstić information content (AvgIpc) is 3.38. The SMILES string of the molecule is CCOc1cc(C2C3C(=O)N(c4ccc(Cl)cc4)C(=O)C3ON2c2cccc([N+](=O)[O-])c2)cc(Br)c1O. The van der Waals surface area contributed by atoms with E-state index in [0.717, 1.165) is 4.90 Å². The van der Waals surface area contributed by atoms with E-state index in [4.69, 9.17) is 21.2 Å². The molecule has 0 bridgehead atoms. The molecule has 2 fully saturated rings. The lowest BCUT2D eigenvalue weighted by atomic mass is 9.90. The van der Waals surface area contributed by atoms with E-state index in [1.165, 1.54) is 23.3 Å². The molecule has 3 aromatic rings. The highest BCUT2D eigenvalue weighted by Gasteiger charge is 2.60. The van der Waals surface area contributed by atoms with Crippen molar-refractivity contribution in [3.63, 3.8) is 0 Å². The van der Waals surface area contributed by atoms with Crippen LogP contribution in [0, 0.1) is 16.0 Å². The number of nitrogens with zero attached hydrogens (tertiary/aromatic N) is 3. The number of nitro groups is 1. The molecule has 2 saturated heterocycles. The molecule has 2 aliphatic heterocycles. The smallest absolute Gasteiger partial charge is 0.271 e. The van der Waals surface area contributed by atoms with Crippen molar-refractivity contribution in [1.29, 1.82) is 0 Å². The van der Waals surface area contributed by atoms with Crippen molar-refractivity contribution in [3.8, 4) is 11.5 Å². The molecule has 3 aromatic carbocycles. The first-order valence-corrected chi connectivity index (χ1v) is 12.4. The third-order valence-electron chi connectivity index (χ3n) is 6.19. The number of non-ortho nitro benzene ring substituents is 1. The number of nitro benzene ring substituents is 1. The van der Waals surface area contributed by atoms with E-state index < -0.39 is 34.8 Å². The van der Waals surface area contributed by atoms with Gasteiger partial charge in [-0.05, 0) is 70.9 Å². The molecule has 0 aromatic heterocycles. The predicted molar refractivity (Wildman–Crippen MR) is 138 cm³/mol. The number of hydrogen-bond acceptors (Lipinski definition) is 8. The van der Waals surface area contributed by atoms with Gasteiger partial charge in [0.05, 0.1) is 33.4 Å². The summed E-state index contributed by atoms with van der Waals surface area (Å²) < 4.78 is 5.87. The third kappa shape index (κ3) is 4.28. The normalized spacial score (nSPS) is 20.9. The summed E-state index contributed by atoms with van der Waals surface area (Å²) in [5.74, 6) is -2.02. The number of carbonyl (C=O) groups is 2. The minimum Gasteiger partial charge on any atom is -0.503 e. The fourth-order valence-electron chi connectivity index (χ4n) is 4.60.